The molecule has 0 unspecified atom stereocenters. The summed E-state index contributed by atoms with van der Waals surface area (Å²) >= 11 is 0. The molecule has 0 amide bonds. The highest BCUT2D eigenvalue weighted by atomic mass is 19.2. The van der Waals surface area contributed by atoms with Crippen molar-refractivity contribution >= 4 is 66.4 Å². The molecule has 0 spiro atoms. The maximum atomic E-state index is 16.9. The molecular formula is C66H38F10N2. The van der Waals surface area contributed by atoms with Gasteiger partial charge in [0.25, 0.3) is 0 Å². The maximum Gasteiger partial charge on any atom is 0.147 e. The molecule has 0 radical (unpaired) electrons. The standard InChI is InChI=1S/C66H38F10N2/c1-35-5-3-7-59(75)65(35)77(55-27-39(43-19-47(67)31-48(68)20-43)17-40(28-55)44-21-49(69)32-50(70)22-44)61-15-11-37-10-14-58-62(16-12-38-9-13-57(61)63(37)64(38)58)78(66-36(2)6-4-8-60(66)76)56-29-41(45-23-51(71)33-52(72)24-45)18-42(30-56)46-25-53(73)34-54(74)26-46/h3-34H,1-2H3. The summed E-state index contributed by atoms with van der Waals surface area (Å²) in [4.78, 5) is 3.31. The van der Waals surface area contributed by atoms with Crippen molar-refractivity contribution in [2.45, 2.75) is 13.8 Å². The van der Waals surface area contributed by atoms with E-state index in [4.69, 9.17) is 0 Å². The van der Waals surface area contributed by atoms with Gasteiger partial charge in [-0.2, -0.15) is 0 Å². The lowest BCUT2D eigenvalue weighted by Gasteiger charge is -2.31. The first-order valence-corrected chi connectivity index (χ1v) is 24.5. The van der Waals surface area contributed by atoms with E-state index in [2.05, 4.69) is 0 Å². The number of aryl methyl sites for hydroxylation is 2. The molecule has 0 fully saturated rings. The van der Waals surface area contributed by atoms with Crippen LogP contribution in [0.2, 0.25) is 0 Å². The predicted molar refractivity (Wildman–Crippen MR) is 290 cm³/mol. The maximum absolute atomic E-state index is 16.9. The summed E-state index contributed by atoms with van der Waals surface area (Å²) < 4.78 is 154. The van der Waals surface area contributed by atoms with Crippen LogP contribution in [0.1, 0.15) is 11.1 Å². The lowest BCUT2D eigenvalue weighted by atomic mass is 9.91. The highest BCUT2D eigenvalue weighted by Gasteiger charge is 2.27. The highest BCUT2D eigenvalue weighted by molar-refractivity contribution is 6.28. The molecule has 0 saturated heterocycles. The van der Waals surface area contributed by atoms with Gasteiger partial charge in [0, 0.05) is 46.4 Å². The van der Waals surface area contributed by atoms with Crippen molar-refractivity contribution in [3.63, 3.8) is 0 Å². The zero-order valence-corrected chi connectivity index (χ0v) is 41.1. The third kappa shape index (κ3) is 8.98. The fourth-order valence-corrected chi connectivity index (χ4v) is 10.8. The average Bonchev–Trinajstić information content (AvgIpc) is 3.58. The van der Waals surface area contributed by atoms with E-state index in [9.17, 15) is 35.1 Å². The predicted octanol–water partition coefficient (Wildman–Crippen LogP) is 20.2. The molecule has 0 aromatic heterocycles. The van der Waals surface area contributed by atoms with Crippen molar-refractivity contribution in [2.24, 2.45) is 0 Å². The zero-order valence-electron chi connectivity index (χ0n) is 41.1. The molecule has 0 aliphatic rings. The number of anilines is 6. The van der Waals surface area contributed by atoms with Crippen LogP contribution in [0.25, 0.3) is 76.8 Å². The Morgan fingerprint density at radius 1 is 0.269 bits per heavy atom. The number of hydrogen-bond acceptors (Lipinski definition) is 2. The van der Waals surface area contributed by atoms with E-state index >= 15 is 8.78 Å². The Morgan fingerprint density at radius 3 is 0.821 bits per heavy atom. The Labute approximate surface area is 440 Å². The molecule has 12 rings (SSSR count). The van der Waals surface area contributed by atoms with E-state index in [-0.39, 0.29) is 67.3 Å². The number of benzene rings is 12. The van der Waals surface area contributed by atoms with Crippen molar-refractivity contribution in [1.82, 2.24) is 0 Å². The minimum Gasteiger partial charge on any atom is -0.307 e. The zero-order chi connectivity index (χ0) is 54.3. The van der Waals surface area contributed by atoms with Crippen LogP contribution in [0.3, 0.4) is 0 Å². The van der Waals surface area contributed by atoms with Crippen LogP contribution in [0.4, 0.5) is 78.0 Å². The molecule has 12 heteroatoms. The van der Waals surface area contributed by atoms with Crippen molar-refractivity contribution in [1.29, 1.82) is 0 Å². The van der Waals surface area contributed by atoms with Gasteiger partial charge < -0.3 is 9.80 Å². The van der Waals surface area contributed by atoms with Crippen molar-refractivity contribution < 1.29 is 43.9 Å². The first-order chi connectivity index (χ1) is 37.5. The average molecular weight is 1050 g/mol. The first-order valence-electron chi connectivity index (χ1n) is 24.5. The van der Waals surface area contributed by atoms with Crippen LogP contribution < -0.4 is 9.80 Å². The lowest BCUT2D eigenvalue weighted by Crippen LogP contribution is -2.15. The third-order valence-electron chi connectivity index (χ3n) is 14.1. The van der Waals surface area contributed by atoms with Gasteiger partial charge in [-0.05, 0) is 200 Å². The topological polar surface area (TPSA) is 6.48 Å². The number of hydrogen-bond donors (Lipinski definition) is 0. The van der Waals surface area contributed by atoms with Gasteiger partial charge in [0.15, 0.2) is 0 Å². The Kier molecular flexibility index (Phi) is 12.2. The molecule has 78 heavy (non-hydrogen) atoms. The lowest BCUT2D eigenvalue weighted by molar-refractivity contribution is 0.583. The monoisotopic (exact) mass is 1050 g/mol. The van der Waals surface area contributed by atoms with E-state index in [0.717, 1.165) is 83.6 Å². The SMILES string of the molecule is Cc1cccc(F)c1N(c1cc(-c2cc(F)cc(F)c2)cc(-c2cc(F)cc(F)c2)c1)c1ccc2ccc3c(N(c4cc(-c5cc(F)cc(F)c5)cc(-c5cc(F)cc(F)c5)c4)c4c(C)cccc4F)ccc4ccc1c2c43. The van der Waals surface area contributed by atoms with Crippen LogP contribution >= 0.6 is 0 Å². The van der Waals surface area contributed by atoms with Crippen molar-refractivity contribution in [2.75, 3.05) is 9.80 Å². The van der Waals surface area contributed by atoms with Gasteiger partial charge in [0.1, 0.15) is 58.2 Å². The van der Waals surface area contributed by atoms with Crippen LogP contribution in [-0.4, -0.2) is 0 Å². The van der Waals surface area contributed by atoms with Crippen LogP contribution in [0.15, 0.2) is 194 Å². The van der Waals surface area contributed by atoms with Gasteiger partial charge in [-0.3, -0.25) is 0 Å². The van der Waals surface area contributed by atoms with Crippen LogP contribution in [-0.2, 0) is 0 Å². The summed E-state index contributed by atoms with van der Waals surface area (Å²) in [6.45, 7) is 3.44. The van der Waals surface area contributed by atoms with Gasteiger partial charge in [-0.15, -0.1) is 0 Å². The summed E-state index contributed by atoms with van der Waals surface area (Å²) in [5, 5.41) is 4.03. The minimum atomic E-state index is -0.873. The summed E-state index contributed by atoms with van der Waals surface area (Å²) in [5.74, 6) is -8.25. The molecule has 0 bridgehead atoms. The summed E-state index contributed by atoms with van der Waals surface area (Å²) in [5.41, 5.74) is 3.91. The van der Waals surface area contributed by atoms with Gasteiger partial charge in [-0.25, -0.2) is 43.9 Å². The number of para-hydroxylation sites is 2. The molecular weight excluding hydrogens is 1010 g/mol. The van der Waals surface area contributed by atoms with E-state index in [1.807, 2.05) is 36.4 Å². The minimum absolute atomic E-state index is 0.0964. The van der Waals surface area contributed by atoms with E-state index in [1.54, 1.807) is 96.4 Å². The molecule has 2 nitrogen and oxygen atoms in total. The van der Waals surface area contributed by atoms with Crippen LogP contribution in [0.5, 0.6) is 0 Å². The largest absolute Gasteiger partial charge is 0.307 e. The van der Waals surface area contributed by atoms with E-state index < -0.39 is 58.2 Å². The molecule has 0 saturated carbocycles. The van der Waals surface area contributed by atoms with Gasteiger partial charge >= 0.3 is 0 Å². The molecule has 12 aromatic rings. The quantitative estimate of drug-likeness (QED) is 0.0995. The Bertz CT molecular complexity index is 3860. The van der Waals surface area contributed by atoms with Crippen molar-refractivity contribution in [3.05, 3.63) is 263 Å². The number of rotatable bonds is 10. The van der Waals surface area contributed by atoms with Gasteiger partial charge in [0.2, 0.25) is 0 Å². The third-order valence-corrected chi connectivity index (χ3v) is 14.1. The first kappa shape index (κ1) is 49.5. The highest BCUT2D eigenvalue weighted by Crippen LogP contribution is 2.51. The summed E-state index contributed by atoms with van der Waals surface area (Å²) in [6, 6.07) is 45.3. The molecule has 0 atom stereocenters. The molecule has 382 valence electrons. The Hall–Kier alpha value is -9.42. The summed E-state index contributed by atoms with van der Waals surface area (Å²) in [6.07, 6.45) is 0. The second-order valence-corrected chi connectivity index (χ2v) is 19.2. The smallest absolute Gasteiger partial charge is 0.147 e. The second kappa shape index (κ2) is 19.3. The second-order valence-electron chi connectivity index (χ2n) is 19.2. The summed E-state index contributed by atoms with van der Waals surface area (Å²) in [7, 11) is 0. The molecule has 12 aromatic carbocycles. The Balaban J connectivity index is 1.14. The number of halogens is 10. The van der Waals surface area contributed by atoms with Crippen LogP contribution in [0, 0.1) is 72.0 Å². The van der Waals surface area contributed by atoms with E-state index in [1.165, 1.54) is 12.1 Å². The molecule has 0 aliphatic carbocycles. The molecule has 0 N–H and O–H groups in total. The molecule has 0 heterocycles. The van der Waals surface area contributed by atoms with Gasteiger partial charge in [0.05, 0.1) is 22.7 Å². The van der Waals surface area contributed by atoms with Crippen molar-refractivity contribution in [3.8, 4) is 44.5 Å². The molecule has 0 aliphatic heterocycles. The fraction of sp³-hybridized carbons (Fsp3) is 0.0303. The Morgan fingerprint density at radius 2 is 0.538 bits per heavy atom. The van der Waals surface area contributed by atoms with E-state index in [0.29, 0.717) is 44.0 Å². The number of nitrogens with zero attached hydrogens (tertiary/aromatic N) is 2. The van der Waals surface area contributed by atoms with Gasteiger partial charge in [-0.1, -0.05) is 60.7 Å². The fourth-order valence-electron chi connectivity index (χ4n) is 10.8. The normalized spacial score (nSPS) is 11.6.